The van der Waals surface area contributed by atoms with Crippen molar-refractivity contribution in [3.63, 3.8) is 0 Å². The van der Waals surface area contributed by atoms with E-state index in [0.717, 1.165) is 0 Å². The van der Waals surface area contributed by atoms with Crippen LogP contribution in [0.4, 0.5) is 13.2 Å². The molecule has 0 bridgehead atoms. The molecule has 0 N–H and O–H groups in total. The molecule has 0 saturated carbocycles. The van der Waals surface area contributed by atoms with Crippen LogP contribution in [0.15, 0.2) is 0 Å². The Kier molecular flexibility index (Phi) is 6.34. The van der Waals surface area contributed by atoms with Crippen LogP contribution in [0, 0.1) is 11.3 Å². The Balaban J connectivity index is 3.91. The Labute approximate surface area is 88.7 Å². The molecule has 5 heteroatoms. The Morgan fingerprint density at radius 1 is 1.27 bits per heavy atom. The largest absolute Gasteiger partial charge is 0.401 e. The number of halogens is 3. The van der Waals surface area contributed by atoms with E-state index in [4.69, 9.17) is 5.26 Å². The summed E-state index contributed by atoms with van der Waals surface area (Å²) in [5.74, 6) is 0. The van der Waals surface area contributed by atoms with Gasteiger partial charge in [-0.05, 0) is 33.2 Å². The van der Waals surface area contributed by atoms with Crippen molar-refractivity contribution in [2.24, 2.45) is 0 Å². The molecule has 0 unspecified atom stereocenters. The van der Waals surface area contributed by atoms with Crippen LogP contribution in [-0.2, 0) is 0 Å². The zero-order chi connectivity index (χ0) is 11.9. The number of nitrogens with zero attached hydrogens (tertiary/aromatic N) is 2. The first-order chi connectivity index (χ1) is 6.87. The summed E-state index contributed by atoms with van der Waals surface area (Å²) in [7, 11) is 0. The monoisotopic (exact) mass is 222 g/mol. The maximum atomic E-state index is 12.1. The zero-order valence-electron chi connectivity index (χ0n) is 9.14. The summed E-state index contributed by atoms with van der Waals surface area (Å²) in [5, 5.41) is 8.28. The second-order valence-electron chi connectivity index (χ2n) is 3.79. The third kappa shape index (κ3) is 8.25. The fourth-order valence-corrected chi connectivity index (χ4v) is 1.27. The van der Waals surface area contributed by atoms with Gasteiger partial charge in [0.05, 0.1) is 12.6 Å². The quantitative estimate of drug-likeness (QED) is 0.646. The van der Waals surface area contributed by atoms with Crippen molar-refractivity contribution >= 4 is 0 Å². The summed E-state index contributed by atoms with van der Waals surface area (Å²) in [6, 6.07) is 1.86. The normalized spacial score (nSPS) is 12.1. The van der Waals surface area contributed by atoms with E-state index in [1.165, 1.54) is 4.90 Å². The Bertz CT molecular complexity index is 206. The molecule has 0 aromatic carbocycles. The highest BCUT2D eigenvalue weighted by molar-refractivity contribution is 4.71. The van der Waals surface area contributed by atoms with E-state index in [-0.39, 0.29) is 6.04 Å². The molecule has 88 valence electrons. The van der Waals surface area contributed by atoms with E-state index in [1.54, 1.807) is 13.8 Å². The molecule has 0 saturated heterocycles. The number of alkyl halides is 3. The number of hydrogen-bond acceptors (Lipinski definition) is 2. The van der Waals surface area contributed by atoms with Crippen LogP contribution >= 0.6 is 0 Å². The summed E-state index contributed by atoms with van der Waals surface area (Å²) in [4.78, 5) is 1.39. The molecule has 0 heterocycles. The average molecular weight is 222 g/mol. The number of nitriles is 1. The van der Waals surface area contributed by atoms with Gasteiger partial charge in [0.25, 0.3) is 0 Å². The van der Waals surface area contributed by atoms with Crippen LogP contribution in [-0.4, -0.2) is 30.2 Å². The van der Waals surface area contributed by atoms with Crippen molar-refractivity contribution in [2.75, 3.05) is 13.1 Å². The molecule has 0 fully saturated rings. The maximum absolute atomic E-state index is 12.1. The van der Waals surface area contributed by atoms with Gasteiger partial charge >= 0.3 is 6.18 Å². The second-order valence-corrected chi connectivity index (χ2v) is 3.79. The summed E-state index contributed by atoms with van der Waals surface area (Å²) in [6.45, 7) is 3.03. The second kappa shape index (κ2) is 6.67. The van der Waals surface area contributed by atoms with Crippen molar-refractivity contribution in [1.82, 2.24) is 4.90 Å². The summed E-state index contributed by atoms with van der Waals surface area (Å²) in [5.41, 5.74) is 0. The lowest BCUT2D eigenvalue weighted by molar-refractivity contribution is -0.149. The lowest BCUT2D eigenvalue weighted by Crippen LogP contribution is -2.39. The van der Waals surface area contributed by atoms with Crippen LogP contribution in [0.5, 0.6) is 0 Å². The Hall–Kier alpha value is -0.760. The van der Waals surface area contributed by atoms with E-state index in [1.807, 2.05) is 6.07 Å². The number of hydrogen-bond donors (Lipinski definition) is 0. The van der Waals surface area contributed by atoms with E-state index < -0.39 is 12.7 Å². The molecule has 0 rings (SSSR count). The fourth-order valence-electron chi connectivity index (χ4n) is 1.27. The molecule has 15 heavy (non-hydrogen) atoms. The minimum absolute atomic E-state index is 0.117. The smallest absolute Gasteiger partial charge is 0.293 e. The van der Waals surface area contributed by atoms with Crippen LogP contribution in [0.1, 0.15) is 33.1 Å². The zero-order valence-corrected chi connectivity index (χ0v) is 9.14. The molecule has 0 spiro atoms. The minimum Gasteiger partial charge on any atom is -0.293 e. The first-order valence-corrected chi connectivity index (χ1v) is 5.04. The van der Waals surface area contributed by atoms with Gasteiger partial charge in [-0.25, -0.2) is 0 Å². The molecule has 0 aliphatic carbocycles. The number of rotatable bonds is 6. The van der Waals surface area contributed by atoms with Gasteiger partial charge < -0.3 is 0 Å². The van der Waals surface area contributed by atoms with Gasteiger partial charge in [-0.15, -0.1) is 0 Å². The molecule has 2 nitrogen and oxygen atoms in total. The average Bonchev–Trinajstić information content (AvgIpc) is 2.08. The summed E-state index contributed by atoms with van der Waals surface area (Å²) >= 11 is 0. The fraction of sp³-hybridized carbons (Fsp3) is 0.900. The van der Waals surface area contributed by atoms with Crippen LogP contribution < -0.4 is 0 Å². The highest BCUT2D eigenvalue weighted by atomic mass is 19.4. The van der Waals surface area contributed by atoms with Crippen molar-refractivity contribution < 1.29 is 13.2 Å². The van der Waals surface area contributed by atoms with Gasteiger partial charge in [-0.1, -0.05) is 0 Å². The van der Waals surface area contributed by atoms with Gasteiger partial charge in [0.1, 0.15) is 0 Å². The van der Waals surface area contributed by atoms with Crippen molar-refractivity contribution in [3.8, 4) is 6.07 Å². The lowest BCUT2D eigenvalue weighted by atomic mass is 10.2. The predicted molar refractivity (Wildman–Crippen MR) is 52.2 cm³/mol. The van der Waals surface area contributed by atoms with Gasteiger partial charge in [-0.2, -0.15) is 18.4 Å². The predicted octanol–water partition coefficient (Wildman–Crippen LogP) is 2.95. The van der Waals surface area contributed by atoms with Crippen LogP contribution in [0.2, 0.25) is 0 Å². The lowest BCUT2D eigenvalue weighted by Gasteiger charge is -2.27. The van der Waals surface area contributed by atoms with Crippen molar-refractivity contribution in [1.29, 1.82) is 5.26 Å². The molecule has 0 aliphatic heterocycles. The molecular weight excluding hydrogens is 205 g/mol. The highest BCUT2D eigenvalue weighted by Crippen LogP contribution is 2.18. The van der Waals surface area contributed by atoms with Gasteiger partial charge in [0.2, 0.25) is 0 Å². The molecule has 0 amide bonds. The molecule has 0 aliphatic rings. The number of unbranched alkanes of at least 4 members (excludes halogenated alkanes) is 2. The maximum Gasteiger partial charge on any atom is 0.401 e. The highest BCUT2D eigenvalue weighted by Gasteiger charge is 2.31. The van der Waals surface area contributed by atoms with Gasteiger partial charge in [0, 0.05) is 12.5 Å². The topological polar surface area (TPSA) is 27.0 Å². The first kappa shape index (κ1) is 14.2. The van der Waals surface area contributed by atoms with E-state index in [9.17, 15) is 13.2 Å². The Morgan fingerprint density at radius 3 is 2.27 bits per heavy atom. The standard InChI is InChI=1S/C10H17F3N2/c1-9(2)15(8-10(11,12)13)7-5-3-4-6-14/h9H,3-5,7-8H2,1-2H3. The third-order valence-electron chi connectivity index (χ3n) is 2.10. The molecule has 0 radical (unpaired) electrons. The first-order valence-electron chi connectivity index (χ1n) is 5.04. The summed E-state index contributed by atoms with van der Waals surface area (Å²) in [6.07, 6.45) is -2.42. The van der Waals surface area contributed by atoms with E-state index >= 15 is 0 Å². The summed E-state index contributed by atoms with van der Waals surface area (Å²) < 4.78 is 36.4. The van der Waals surface area contributed by atoms with Crippen LogP contribution in [0.3, 0.4) is 0 Å². The minimum atomic E-state index is -4.14. The van der Waals surface area contributed by atoms with Crippen molar-refractivity contribution in [2.45, 2.75) is 45.3 Å². The van der Waals surface area contributed by atoms with Crippen LogP contribution in [0.25, 0.3) is 0 Å². The van der Waals surface area contributed by atoms with E-state index in [0.29, 0.717) is 25.8 Å². The molecular formula is C10H17F3N2. The Morgan fingerprint density at radius 2 is 1.87 bits per heavy atom. The van der Waals surface area contributed by atoms with Crippen molar-refractivity contribution in [3.05, 3.63) is 0 Å². The SMILES string of the molecule is CC(C)N(CCCCC#N)CC(F)(F)F. The van der Waals surface area contributed by atoms with Gasteiger partial charge in [0.15, 0.2) is 0 Å². The third-order valence-corrected chi connectivity index (χ3v) is 2.10. The van der Waals surface area contributed by atoms with Gasteiger partial charge in [-0.3, -0.25) is 4.90 Å². The van der Waals surface area contributed by atoms with E-state index in [2.05, 4.69) is 0 Å². The molecule has 0 atom stereocenters. The molecule has 0 aromatic rings. The molecule has 0 aromatic heterocycles.